The molecule has 0 aliphatic heterocycles. The number of rotatable bonds is 5. The Hall–Kier alpha value is -3.08. The number of amides is 1. The highest BCUT2D eigenvalue weighted by Crippen LogP contribution is 2.31. The van der Waals surface area contributed by atoms with Gasteiger partial charge in [-0.1, -0.05) is 30.3 Å². The number of aromatic nitrogens is 2. The van der Waals surface area contributed by atoms with Crippen LogP contribution in [0.5, 0.6) is 5.75 Å². The molecule has 0 aliphatic rings. The van der Waals surface area contributed by atoms with Crippen LogP contribution in [0, 0.1) is 0 Å². The number of carbonyl (C=O) groups excluding carboxylic acids is 1. The Morgan fingerprint density at radius 1 is 1.13 bits per heavy atom. The Morgan fingerprint density at radius 3 is 2.70 bits per heavy atom. The first-order chi connectivity index (χ1) is 11.1. The number of nitrogens with one attached hydrogen (secondary N) is 1. The Balaban J connectivity index is 2.05. The Labute approximate surface area is 133 Å². The first-order valence-electron chi connectivity index (χ1n) is 7.33. The summed E-state index contributed by atoms with van der Waals surface area (Å²) >= 11 is 0. The summed E-state index contributed by atoms with van der Waals surface area (Å²) in [6.07, 6.45) is 4.40. The van der Waals surface area contributed by atoms with Crippen molar-refractivity contribution in [1.29, 1.82) is 0 Å². The summed E-state index contributed by atoms with van der Waals surface area (Å²) in [5.41, 5.74) is 10.2. The van der Waals surface area contributed by atoms with Gasteiger partial charge in [-0.2, -0.15) is 5.10 Å². The molecule has 0 saturated carbocycles. The van der Waals surface area contributed by atoms with Crippen molar-refractivity contribution in [3.8, 4) is 28.0 Å². The maximum atomic E-state index is 11.2. The molecule has 1 amide bonds. The van der Waals surface area contributed by atoms with Crippen LogP contribution in [0.1, 0.15) is 12.0 Å². The number of phenolic OH excluding ortho intramolecular Hbond substituents is 1. The summed E-state index contributed by atoms with van der Waals surface area (Å²) in [4.78, 5) is 11.2. The number of nitrogens with two attached hydrogens (primary N) is 1. The lowest BCUT2D eigenvalue weighted by molar-refractivity contribution is -0.117. The highest BCUT2D eigenvalue weighted by molar-refractivity contribution is 5.77. The highest BCUT2D eigenvalue weighted by Gasteiger charge is 2.10. The lowest BCUT2D eigenvalue weighted by atomic mass is 9.93. The molecule has 0 unspecified atom stereocenters. The zero-order valence-electron chi connectivity index (χ0n) is 12.5. The van der Waals surface area contributed by atoms with Gasteiger partial charge in [0.05, 0.1) is 6.20 Å². The Morgan fingerprint density at radius 2 is 2.00 bits per heavy atom. The molecular formula is C18H17N3O2. The van der Waals surface area contributed by atoms with Crippen LogP contribution >= 0.6 is 0 Å². The average molecular weight is 307 g/mol. The topological polar surface area (TPSA) is 92.0 Å². The van der Waals surface area contributed by atoms with Crippen molar-refractivity contribution in [2.45, 2.75) is 12.8 Å². The molecular weight excluding hydrogens is 290 g/mol. The van der Waals surface area contributed by atoms with E-state index < -0.39 is 0 Å². The minimum atomic E-state index is -0.333. The van der Waals surface area contributed by atoms with Gasteiger partial charge in [0.2, 0.25) is 5.91 Å². The second-order valence-corrected chi connectivity index (χ2v) is 5.38. The molecule has 0 atom stereocenters. The van der Waals surface area contributed by atoms with Crippen LogP contribution in [-0.2, 0) is 11.2 Å². The second kappa shape index (κ2) is 6.36. The molecule has 0 spiro atoms. The minimum Gasteiger partial charge on any atom is -0.508 e. The normalized spacial score (nSPS) is 10.6. The van der Waals surface area contributed by atoms with Crippen molar-refractivity contribution < 1.29 is 9.90 Å². The number of aromatic amines is 1. The quantitative estimate of drug-likeness (QED) is 0.676. The van der Waals surface area contributed by atoms with Gasteiger partial charge in [0, 0.05) is 18.2 Å². The molecule has 5 heteroatoms. The van der Waals surface area contributed by atoms with E-state index in [2.05, 4.69) is 10.2 Å². The number of primary amides is 1. The third-order valence-electron chi connectivity index (χ3n) is 3.73. The predicted molar refractivity (Wildman–Crippen MR) is 88.6 cm³/mol. The second-order valence-electron chi connectivity index (χ2n) is 5.38. The van der Waals surface area contributed by atoms with Gasteiger partial charge in [-0.25, -0.2) is 0 Å². The summed E-state index contributed by atoms with van der Waals surface area (Å²) in [5, 5.41) is 16.5. The fraction of sp³-hybridized carbons (Fsp3) is 0.111. The monoisotopic (exact) mass is 307 g/mol. The molecule has 3 aromatic rings. The van der Waals surface area contributed by atoms with E-state index in [9.17, 15) is 9.90 Å². The molecule has 0 aliphatic carbocycles. The van der Waals surface area contributed by atoms with Crippen molar-refractivity contribution in [3.05, 3.63) is 60.4 Å². The van der Waals surface area contributed by atoms with Crippen LogP contribution in [-0.4, -0.2) is 21.2 Å². The van der Waals surface area contributed by atoms with E-state index in [1.807, 2.05) is 30.5 Å². The molecule has 0 saturated heterocycles. The minimum absolute atomic E-state index is 0.210. The molecule has 3 rings (SSSR count). The Kier molecular flexibility index (Phi) is 4.10. The molecule has 0 fully saturated rings. The fourth-order valence-electron chi connectivity index (χ4n) is 2.60. The number of aromatic hydroxyl groups is 1. The number of phenols is 1. The van der Waals surface area contributed by atoms with Gasteiger partial charge in [-0.15, -0.1) is 0 Å². The average Bonchev–Trinajstić information content (AvgIpc) is 3.07. The van der Waals surface area contributed by atoms with E-state index in [1.165, 1.54) is 0 Å². The number of aryl methyl sites for hydroxylation is 1. The third kappa shape index (κ3) is 3.40. The largest absolute Gasteiger partial charge is 0.508 e. The van der Waals surface area contributed by atoms with Crippen LogP contribution in [0.3, 0.4) is 0 Å². The van der Waals surface area contributed by atoms with Gasteiger partial charge in [0.1, 0.15) is 5.75 Å². The number of benzene rings is 2. The molecule has 0 bridgehead atoms. The zero-order valence-corrected chi connectivity index (χ0v) is 12.5. The van der Waals surface area contributed by atoms with Gasteiger partial charge in [-0.05, 0) is 40.8 Å². The van der Waals surface area contributed by atoms with Crippen molar-refractivity contribution >= 4 is 5.91 Å². The van der Waals surface area contributed by atoms with E-state index >= 15 is 0 Å². The molecule has 2 aromatic carbocycles. The third-order valence-corrected chi connectivity index (χ3v) is 3.73. The standard InChI is InChI=1S/C18H17N3O2/c19-18(23)7-5-14-8-12(15-10-20-21-11-15)4-6-17(14)13-2-1-3-16(22)9-13/h1-4,6,8-11,22H,5,7H2,(H2,19,23)(H,20,21). The molecule has 23 heavy (non-hydrogen) atoms. The van der Waals surface area contributed by atoms with Crippen molar-refractivity contribution in [2.24, 2.45) is 5.73 Å². The van der Waals surface area contributed by atoms with Crippen LogP contribution in [0.4, 0.5) is 0 Å². The lowest BCUT2D eigenvalue weighted by Crippen LogP contribution is -2.11. The number of carbonyl (C=O) groups is 1. The molecule has 1 heterocycles. The zero-order chi connectivity index (χ0) is 16.2. The van der Waals surface area contributed by atoms with E-state index in [1.54, 1.807) is 24.4 Å². The predicted octanol–water partition coefficient (Wildman–Crippen LogP) is 2.87. The first kappa shape index (κ1) is 14.8. The van der Waals surface area contributed by atoms with E-state index in [0.717, 1.165) is 27.8 Å². The van der Waals surface area contributed by atoms with Gasteiger partial charge in [-0.3, -0.25) is 9.89 Å². The highest BCUT2D eigenvalue weighted by atomic mass is 16.3. The number of hydrogen-bond donors (Lipinski definition) is 3. The SMILES string of the molecule is NC(=O)CCc1cc(-c2cn[nH]c2)ccc1-c1cccc(O)c1. The maximum Gasteiger partial charge on any atom is 0.217 e. The molecule has 5 nitrogen and oxygen atoms in total. The van der Waals surface area contributed by atoms with E-state index in [4.69, 9.17) is 5.73 Å². The fourth-order valence-corrected chi connectivity index (χ4v) is 2.60. The summed E-state index contributed by atoms with van der Waals surface area (Å²) in [6.45, 7) is 0. The number of hydrogen-bond acceptors (Lipinski definition) is 3. The van der Waals surface area contributed by atoms with Crippen molar-refractivity contribution in [2.75, 3.05) is 0 Å². The van der Waals surface area contributed by atoms with Crippen LogP contribution in [0.25, 0.3) is 22.3 Å². The van der Waals surface area contributed by atoms with Gasteiger partial charge < -0.3 is 10.8 Å². The van der Waals surface area contributed by atoms with Crippen molar-refractivity contribution in [1.82, 2.24) is 10.2 Å². The van der Waals surface area contributed by atoms with E-state index in [-0.39, 0.29) is 18.1 Å². The Bertz CT molecular complexity index is 826. The summed E-state index contributed by atoms with van der Waals surface area (Å²) in [5.74, 6) is -0.122. The van der Waals surface area contributed by atoms with Gasteiger partial charge in [0.25, 0.3) is 0 Å². The number of nitrogens with zero attached hydrogens (tertiary/aromatic N) is 1. The number of H-pyrrole nitrogens is 1. The molecule has 0 radical (unpaired) electrons. The first-order valence-corrected chi connectivity index (χ1v) is 7.33. The van der Waals surface area contributed by atoms with Gasteiger partial charge in [0.15, 0.2) is 0 Å². The van der Waals surface area contributed by atoms with Gasteiger partial charge >= 0.3 is 0 Å². The van der Waals surface area contributed by atoms with Crippen LogP contribution in [0.15, 0.2) is 54.9 Å². The molecule has 116 valence electrons. The maximum absolute atomic E-state index is 11.2. The summed E-state index contributed by atoms with van der Waals surface area (Å²) < 4.78 is 0. The molecule has 1 aromatic heterocycles. The summed E-state index contributed by atoms with van der Waals surface area (Å²) in [6, 6.07) is 13.1. The summed E-state index contributed by atoms with van der Waals surface area (Å²) in [7, 11) is 0. The molecule has 4 N–H and O–H groups in total. The van der Waals surface area contributed by atoms with Crippen molar-refractivity contribution in [3.63, 3.8) is 0 Å². The smallest absolute Gasteiger partial charge is 0.217 e. The van der Waals surface area contributed by atoms with Crippen LogP contribution in [0.2, 0.25) is 0 Å². The van der Waals surface area contributed by atoms with Crippen LogP contribution < -0.4 is 5.73 Å². The van der Waals surface area contributed by atoms with E-state index in [0.29, 0.717) is 6.42 Å². The lowest BCUT2D eigenvalue weighted by Gasteiger charge is -2.12.